The van der Waals surface area contributed by atoms with E-state index in [-0.39, 0.29) is 25.7 Å². The van der Waals surface area contributed by atoms with Gasteiger partial charge in [0.05, 0.1) is 26.4 Å². The standard InChI is InChI=1S/C82H160O17P2/c1-72(2)58-50-42-34-27-21-15-13-11-9-10-12-14-16-25-31-39-48-56-64-81(86)99-78(69-93-80(85)63-55-47-41-33-37-45-53-61-75(7)8)71-97-101(90,91)95-67-76(83)66-94-100(88,89)96-70-77(98-82(87)65-57-49-40-32-26-20-18-23-29-36-44-52-60-74(5)6)68-92-79(84)62-54-46-38-30-24-19-17-22-28-35-43-51-59-73(3)4/h72-78,83H,9-71H2,1-8H3,(H,88,89)(H,90,91)/t76?,77-,78-/m1/s1. The van der Waals surface area contributed by atoms with Crippen LogP contribution in [-0.4, -0.2) is 96.7 Å². The molecule has 3 unspecified atom stereocenters. The SMILES string of the molecule is CC(C)CCCCCCCCCCCCCCCCCCCCC(=O)O[C@H](COC(=O)CCCCCCCCCC(C)C)COP(=O)(O)OCC(O)COP(=O)(O)OC[C@@H](COC(=O)CCCCCCCCCCCCCCC(C)C)OC(=O)CCCCCCCCCCCCCCC(C)C. The van der Waals surface area contributed by atoms with E-state index in [9.17, 15) is 43.2 Å². The van der Waals surface area contributed by atoms with Crippen molar-refractivity contribution in [3.8, 4) is 0 Å². The number of carbonyl (C=O) groups is 4. The number of rotatable bonds is 79. The van der Waals surface area contributed by atoms with Crippen LogP contribution in [0, 0.1) is 23.7 Å². The number of phosphoric acid groups is 2. The van der Waals surface area contributed by atoms with Gasteiger partial charge in [0, 0.05) is 25.7 Å². The molecule has 0 amide bonds. The van der Waals surface area contributed by atoms with Crippen LogP contribution in [0.4, 0.5) is 0 Å². The lowest BCUT2D eigenvalue weighted by atomic mass is 10.0. The molecule has 0 bridgehead atoms. The van der Waals surface area contributed by atoms with Crippen LogP contribution in [0.1, 0.15) is 421 Å². The highest BCUT2D eigenvalue weighted by Gasteiger charge is 2.30. The molecule has 19 heteroatoms. The summed E-state index contributed by atoms with van der Waals surface area (Å²) < 4.78 is 68.7. The third-order valence-electron chi connectivity index (χ3n) is 19.1. The van der Waals surface area contributed by atoms with Crippen molar-refractivity contribution in [3.05, 3.63) is 0 Å². The Kier molecular flexibility index (Phi) is 69.6. The number of ether oxygens (including phenoxy) is 4. The van der Waals surface area contributed by atoms with Gasteiger partial charge >= 0.3 is 39.5 Å². The fourth-order valence-corrected chi connectivity index (χ4v) is 14.2. The van der Waals surface area contributed by atoms with Gasteiger partial charge < -0.3 is 33.8 Å². The zero-order valence-electron chi connectivity index (χ0n) is 66.5. The number of hydrogen-bond acceptors (Lipinski definition) is 15. The molecule has 0 aliphatic rings. The van der Waals surface area contributed by atoms with Gasteiger partial charge in [-0.1, -0.05) is 370 Å². The number of unbranched alkanes of at least 4 members (excludes halogenated alkanes) is 45. The van der Waals surface area contributed by atoms with Crippen molar-refractivity contribution in [1.29, 1.82) is 0 Å². The van der Waals surface area contributed by atoms with E-state index < -0.39 is 97.5 Å². The van der Waals surface area contributed by atoms with Gasteiger partial charge in [0.1, 0.15) is 19.3 Å². The van der Waals surface area contributed by atoms with Crippen LogP contribution in [0.2, 0.25) is 0 Å². The average Bonchev–Trinajstić information content (AvgIpc) is 0.927. The summed E-state index contributed by atoms with van der Waals surface area (Å²) in [4.78, 5) is 73.0. The van der Waals surface area contributed by atoms with Crippen LogP contribution in [-0.2, 0) is 65.4 Å². The summed E-state index contributed by atoms with van der Waals surface area (Å²) in [5.74, 6) is 0.970. The average molecular weight is 1480 g/mol. The first kappa shape index (κ1) is 99.1. The molecule has 0 saturated heterocycles. The molecule has 0 saturated carbocycles. The third-order valence-corrected chi connectivity index (χ3v) is 21.0. The van der Waals surface area contributed by atoms with E-state index in [1.807, 2.05) is 0 Å². The topological polar surface area (TPSA) is 237 Å². The lowest BCUT2D eigenvalue weighted by molar-refractivity contribution is -0.161. The van der Waals surface area contributed by atoms with Crippen LogP contribution < -0.4 is 0 Å². The van der Waals surface area contributed by atoms with Gasteiger partial charge in [0.25, 0.3) is 0 Å². The molecular formula is C82H160O17P2. The van der Waals surface area contributed by atoms with E-state index in [1.165, 1.54) is 218 Å². The van der Waals surface area contributed by atoms with Crippen LogP contribution in [0.15, 0.2) is 0 Å². The molecule has 0 spiro atoms. The summed E-state index contributed by atoms with van der Waals surface area (Å²) in [5, 5.41) is 10.6. The molecule has 0 heterocycles. The molecule has 0 aromatic rings. The first-order valence-electron chi connectivity index (χ1n) is 42.2. The van der Waals surface area contributed by atoms with E-state index in [1.54, 1.807) is 0 Å². The van der Waals surface area contributed by atoms with Gasteiger partial charge in [-0.2, -0.15) is 0 Å². The number of esters is 4. The van der Waals surface area contributed by atoms with Gasteiger partial charge in [-0.25, -0.2) is 9.13 Å². The Morgan fingerprint density at radius 2 is 0.416 bits per heavy atom. The Bertz CT molecular complexity index is 1970. The molecule has 0 fully saturated rings. The second kappa shape index (κ2) is 71.0. The Morgan fingerprint density at radius 1 is 0.248 bits per heavy atom. The Labute approximate surface area is 619 Å². The van der Waals surface area contributed by atoms with Crippen molar-refractivity contribution < 1.29 is 80.2 Å². The molecule has 101 heavy (non-hydrogen) atoms. The third kappa shape index (κ3) is 76.1. The molecule has 0 radical (unpaired) electrons. The molecule has 5 atom stereocenters. The summed E-state index contributed by atoms with van der Waals surface area (Å²) in [7, 11) is -9.92. The molecule has 0 aliphatic carbocycles. The van der Waals surface area contributed by atoms with Crippen molar-refractivity contribution in [3.63, 3.8) is 0 Å². The van der Waals surface area contributed by atoms with Gasteiger partial charge in [-0.3, -0.25) is 37.3 Å². The maximum Gasteiger partial charge on any atom is 0.472 e. The largest absolute Gasteiger partial charge is 0.472 e. The normalized spacial score (nSPS) is 14.0. The highest BCUT2D eigenvalue weighted by Crippen LogP contribution is 2.45. The minimum Gasteiger partial charge on any atom is -0.462 e. The lowest BCUT2D eigenvalue weighted by Gasteiger charge is -2.21. The monoisotopic (exact) mass is 1480 g/mol. The van der Waals surface area contributed by atoms with Crippen molar-refractivity contribution in [2.45, 2.75) is 440 Å². The molecule has 0 rings (SSSR count). The number of carbonyl (C=O) groups excluding carboxylic acids is 4. The summed E-state index contributed by atoms with van der Waals surface area (Å²) in [6.07, 6.45) is 58.4. The van der Waals surface area contributed by atoms with Crippen LogP contribution in [0.3, 0.4) is 0 Å². The molecule has 3 N–H and O–H groups in total. The Balaban J connectivity index is 5.21. The number of aliphatic hydroxyl groups is 1. The minimum atomic E-state index is -4.96. The number of aliphatic hydroxyl groups excluding tert-OH is 1. The van der Waals surface area contributed by atoms with Crippen LogP contribution in [0.25, 0.3) is 0 Å². The second-order valence-electron chi connectivity index (χ2n) is 31.4. The first-order chi connectivity index (χ1) is 48.6. The fraction of sp³-hybridized carbons (Fsp3) is 0.951. The van der Waals surface area contributed by atoms with Gasteiger partial charge in [-0.15, -0.1) is 0 Å². The number of hydrogen-bond donors (Lipinski definition) is 3. The smallest absolute Gasteiger partial charge is 0.462 e. The van der Waals surface area contributed by atoms with Crippen molar-refractivity contribution >= 4 is 39.5 Å². The zero-order valence-corrected chi connectivity index (χ0v) is 68.3. The summed E-state index contributed by atoms with van der Waals surface area (Å²) in [5.41, 5.74) is 0. The maximum atomic E-state index is 13.1. The predicted octanol–water partition coefficient (Wildman–Crippen LogP) is 24.4. The summed E-state index contributed by atoms with van der Waals surface area (Å²) in [6.45, 7) is 14.3. The lowest BCUT2D eigenvalue weighted by Crippen LogP contribution is -2.30. The van der Waals surface area contributed by atoms with Gasteiger partial charge in [0.15, 0.2) is 12.2 Å². The maximum absolute atomic E-state index is 13.1. The quantitative estimate of drug-likeness (QED) is 0.0222. The van der Waals surface area contributed by atoms with Crippen molar-refractivity contribution in [2.75, 3.05) is 39.6 Å². The van der Waals surface area contributed by atoms with E-state index in [4.69, 9.17) is 37.0 Å². The van der Waals surface area contributed by atoms with Crippen LogP contribution in [0.5, 0.6) is 0 Å². The highest BCUT2D eigenvalue weighted by molar-refractivity contribution is 7.47. The van der Waals surface area contributed by atoms with E-state index >= 15 is 0 Å². The van der Waals surface area contributed by atoms with Crippen molar-refractivity contribution in [2.24, 2.45) is 23.7 Å². The zero-order chi connectivity index (χ0) is 74.6. The van der Waals surface area contributed by atoms with E-state index in [0.29, 0.717) is 31.6 Å². The molecule has 0 aromatic carbocycles. The van der Waals surface area contributed by atoms with Gasteiger partial charge in [-0.05, 0) is 49.4 Å². The molecule has 0 aliphatic heterocycles. The summed E-state index contributed by atoms with van der Waals surface area (Å²) >= 11 is 0. The highest BCUT2D eigenvalue weighted by atomic mass is 31.2. The van der Waals surface area contributed by atoms with Crippen molar-refractivity contribution in [1.82, 2.24) is 0 Å². The second-order valence-corrected chi connectivity index (χ2v) is 34.3. The van der Waals surface area contributed by atoms with E-state index in [0.717, 1.165) is 114 Å². The Morgan fingerprint density at radius 3 is 0.614 bits per heavy atom. The fourth-order valence-electron chi connectivity index (χ4n) is 12.6. The predicted molar refractivity (Wildman–Crippen MR) is 414 cm³/mol. The first-order valence-corrected chi connectivity index (χ1v) is 45.2. The molecule has 0 aromatic heterocycles. The molecular weight excluding hydrogens is 1320 g/mol. The molecule has 17 nitrogen and oxygen atoms in total. The number of phosphoric ester groups is 2. The minimum absolute atomic E-state index is 0.107. The summed E-state index contributed by atoms with van der Waals surface area (Å²) in [6, 6.07) is 0. The van der Waals surface area contributed by atoms with Crippen LogP contribution >= 0.6 is 15.6 Å². The van der Waals surface area contributed by atoms with E-state index in [2.05, 4.69) is 55.4 Å². The van der Waals surface area contributed by atoms with Gasteiger partial charge in [0.2, 0.25) is 0 Å². The Hall–Kier alpha value is -1.94. The molecule has 600 valence electrons.